The quantitative estimate of drug-likeness (QED) is 0.749. The summed E-state index contributed by atoms with van der Waals surface area (Å²) >= 11 is 5.68. The minimum absolute atomic E-state index is 0.0840. The fourth-order valence-corrected chi connectivity index (χ4v) is 2.03. The van der Waals surface area contributed by atoms with Gasteiger partial charge in [0.15, 0.2) is 5.82 Å². The Labute approximate surface area is 140 Å². The van der Waals surface area contributed by atoms with Crippen molar-refractivity contribution in [3.05, 3.63) is 58.8 Å². The molecule has 3 aromatic rings. The van der Waals surface area contributed by atoms with Gasteiger partial charge in [-0.2, -0.15) is 0 Å². The van der Waals surface area contributed by atoms with E-state index in [-0.39, 0.29) is 16.7 Å². The summed E-state index contributed by atoms with van der Waals surface area (Å²) in [5.41, 5.74) is 0.472. The van der Waals surface area contributed by atoms with Crippen LogP contribution in [0.5, 0.6) is 0 Å². The predicted molar refractivity (Wildman–Crippen MR) is 85.9 cm³/mol. The van der Waals surface area contributed by atoms with E-state index >= 15 is 0 Å². The Morgan fingerprint density at radius 3 is 2.83 bits per heavy atom. The third-order valence-electron chi connectivity index (χ3n) is 2.93. The van der Waals surface area contributed by atoms with Crippen LogP contribution in [0.25, 0.3) is 0 Å². The maximum absolute atomic E-state index is 13.1. The minimum atomic E-state index is -0.564. The maximum atomic E-state index is 13.1. The molecule has 0 aliphatic heterocycles. The van der Waals surface area contributed by atoms with Gasteiger partial charge in [0.1, 0.15) is 17.3 Å². The third kappa shape index (κ3) is 3.66. The molecule has 24 heavy (non-hydrogen) atoms. The SMILES string of the molecule is Cc1cc(Nc2nccc(C(=O)Nc3ccc(F)c(Cl)c3)n2)no1. The number of nitrogens with zero attached hydrogens (tertiary/aromatic N) is 3. The van der Waals surface area contributed by atoms with Gasteiger partial charge in [-0.1, -0.05) is 16.8 Å². The van der Waals surface area contributed by atoms with Crippen molar-refractivity contribution >= 4 is 35.0 Å². The van der Waals surface area contributed by atoms with Crippen molar-refractivity contribution in [3.63, 3.8) is 0 Å². The molecule has 0 aliphatic rings. The highest BCUT2D eigenvalue weighted by Gasteiger charge is 2.11. The van der Waals surface area contributed by atoms with Gasteiger partial charge in [-0.25, -0.2) is 14.4 Å². The van der Waals surface area contributed by atoms with Crippen LogP contribution in [-0.2, 0) is 0 Å². The fourth-order valence-electron chi connectivity index (χ4n) is 1.85. The van der Waals surface area contributed by atoms with Gasteiger partial charge in [0.2, 0.25) is 5.95 Å². The van der Waals surface area contributed by atoms with E-state index in [1.54, 1.807) is 13.0 Å². The highest BCUT2D eigenvalue weighted by molar-refractivity contribution is 6.31. The van der Waals surface area contributed by atoms with Gasteiger partial charge >= 0.3 is 0 Å². The van der Waals surface area contributed by atoms with Gasteiger partial charge in [0.25, 0.3) is 5.91 Å². The number of carbonyl (C=O) groups is 1. The fraction of sp³-hybridized carbons (Fsp3) is 0.0667. The second-order valence-electron chi connectivity index (χ2n) is 4.80. The van der Waals surface area contributed by atoms with E-state index in [9.17, 15) is 9.18 Å². The minimum Gasteiger partial charge on any atom is -0.360 e. The zero-order valence-corrected chi connectivity index (χ0v) is 13.1. The van der Waals surface area contributed by atoms with Gasteiger partial charge in [-0.15, -0.1) is 0 Å². The Bertz CT molecular complexity index is 899. The largest absolute Gasteiger partial charge is 0.360 e. The van der Waals surface area contributed by atoms with E-state index in [4.69, 9.17) is 16.1 Å². The van der Waals surface area contributed by atoms with Gasteiger partial charge in [-0.3, -0.25) is 4.79 Å². The number of aromatic nitrogens is 3. The maximum Gasteiger partial charge on any atom is 0.274 e. The molecule has 0 spiro atoms. The van der Waals surface area contributed by atoms with Crippen LogP contribution in [0.3, 0.4) is 0 Å². The number of nitrogens with one attached hydrogen (secondary N) is 2. The van der Waals surface area contributed by atoms with Gasteiger partial charge < -0.3 is 15.2 Å². The average Bonchev–Trinajstić information content (AvgIpc) is 2.96. The first-order chi connectivity index (χ1) is 11.5. The summed E-state index contributed by atoms with van der Waals surface area (Å²) in [6.45, 7) is 1.75. The van der Waals surface area contributed by atoms with Crippen LogP contribution < -0.4 is 10.6 Å². The molecule has 0 saturated heterocycles. The molecule has 1 amide bonds. The lowest BCUT2D eigenvalue weighted by atomic mass is 10.3. The Morgan fingerprint density at radius 2 is 2.12 bits per heavy atom. The predicted octanol–water partition coefficient (Wildman–Crippen LogP) is 3.56. The summed E-state index contributed by atoms with van der Waals surface area (Å²) in [6, 6.07) is 6.99. The van der Waals surface area contributed by atoms with E-state index in [1.165, 1.54) is 24.4 Å². The summed E-state index contributed by atoms with van der Waals surface area (Å²) < 4.78 is 18.1. The molecular formula is C15H11ClFN5O2. The van der Waals surface area contributed by atoms with Gasteiger partial charge in [0.05, 0.1) is 5.02 Å². The molecule has 122 valence electrons. The summed E-state index contributed by atoms with van der Waals surface area (Å²) in [5, 5.41) is 9.07. The monoisotopic (exact) mass is 347 g/mol. The first-order valence-electron chi connectivity index (χ1n) is 6.81. The molecule has 0 unspecified atom stereocenters. The molecule has 7 nitrogen and oxygen atoms in total. The van der Waals surface area contributed by atoms with Crippen molar-refractivity contribution in [2.75, 3.05) is 10.6 Å². The molecule has 1 aromatic carbocycles. The smallest absolute Gasteiger partial charge is 0.274 e. The van der Waals surface area contributed by atoms with Crippen molar-refractivity contribution in [2.45, 2.75) is 6.92 Å². The molecule has 9 heteroatoms. The summed E-state index contributed by atoms with van der Waals surface area (Å²) in [6.07, 6.45) is 1.43. The number of aryl methyl sites for hydroxylation is 1. The molecule has 3 rings (SSSR count). The number of hydrogen-bond acceptors (Lipinski definition) is 6. The molecule has 2 heterocycles. The number of anilines is 3. The molecule has 2 N–H and O–H groups in total. The van der Waals surface area contributed by atoms with E-state index in [1.807, 2.05) is 0 Å². The second kappa shape index (κ2) is 6.63. The van der Waals surface area contributed by atoms with Crippen molar-refractivity contribution in [1.29, 1.82) is 0 Å². The Balaban J connectivity index is 1.75. The Kier molecular flexibility index (Phi) is 4.39. The summed E-state index contributed by atoms with van der Waals surface area (Å²) in [7, 11) is 0. The summed E-state index contributed by atoms with van der Waals surface area (Å²) in [4.78, 5) is 20.3. The van der Waals surface area contributed by atoms with Crippen LogP contribution in [0.1, 0.15) is 16.2 Å². The van der Waals surface area contributed by atoms with Crippen LogP contribution in [0.4, 0.5) is 21.8 Å². The number of benzene rings is 1. The standard InChI is InChI=1S/C15H11ClFN5O2/c1-8-6-13(22-24-8)21-15-18-5-4-12(20-15)14(23)19-9-2-3-11(17)10(16)7-9/h2-7H,1H3,(H,19,23)(H,18,20,21,22). The lowest BCUT2D eigenvalue weighted by molar-refractivity contribution is 0.102. The lowest BCUT2D eigenvalue weighted by Gasteiger charge is -2.06. The van der Waals surface area contributed by atoms with Crippen LogP contribution in [-0.4, -0.2) is 21.0 Å². The Hall–Kier alpha value is -3.00. The molecular weight excluding hydrogens is 337 g/mol. The molecule has 0 fully saturated rings. The van der Waals surface area contributed by atoms with E-state index in [0.29, 0.717) is 17.3 Å². The number of carbonyl (C=O) groups excluding carboxylic acids is 1. The van der Waals surface area contributed by atoms with Crippen molar-refractivity contribution < 1.29 is 13.7 Å². The van der Waals surface area contributed by atoms with Gasteiger partial charge in [-0.05, 0) is 31.2 Å². The molecule has 0 radical (unpaired) electrons. The van der Waals surface area contributed by atoms with E-state index in [2.05, 4.69) is 25.8 Å². The van der Waals surface area contributed by atoms with Crippen LogP contribution >= 0.6 is 11.6 Å². The average molecular weight is 348 g/mol. The normalized spacial score (nSPS) is 10.5. The van der Waals surface area contributed by atoms with Crippen molar-refractivity contribution in [2.24, 2.45) is 0 Å². The number of amides is 1. The first kappa shape index (κ1) is 15.9. The number of rotatable bonds is 4. The third-order valence-corrected chi connectivity index (χ3v) is 3.22. The van der Waals surface area contributed by atoms with Crippen molar-refractivity contribution in [1.82, 2.24) is 15.1 Å². The van der Waals surface area contributed by atoms with Crippen LogP contribution in [0.2, 0.25) is 5.02 Å². The molecule has 0 bridgehead atoms. The summed E-state index contributed by atoms with van der Waals surface area (Å²) in [5.74, 6) is 0.189. The zero-order valence-electron chi connectivity index (χ0n) is 12.4. The molecule has 2 aromatic heterocycles. The van der Waals surface area contributed by atoms with Crippen molar-refractivity contribution in [3.8, 4) is 0 Å². The lowest BCUT2D eigenvalue weighted by Crippen LogP contribution is -2.14. The number of hydrogen-bond donors (Lipinski definition) is 2. The Morgan fingerprint density at radius 1 is 1.29 bits per heavy atom. The van der Waals surface area contributed by atoms with E-state index < -0.39 is 11.7 Å². The highest BCUT2D eigenvalue weighted by Crippen LogP contribution is 2.20. The highest BCUT2D eigenvalue weighted by atomic mass is 35.5. The second-order valence-corrected chi connectivity index (χ2v) is 5.20. The molecule has 0 saturated carbocycles. The number of halogens is 2. The topological polar surface area (TPSA) is 92.9 Å². The van der Waals surface area contributed by atoms with Crippen LogP contribution in [0, 0.1) is 12.7 Å². The van der Waals surface area contributed by atoms with Gasteiger partial charge in [0, 0.05) is 18.0 Å². The van der Waals surface area contributed by atoms with E-state index in [0.717, 1.165) is 6.07 Å². The molecule has 0 atom stereocenters. The van der Waals surface area contributed by atoms with Crippen LogP contribution in [0.15, 0.2) is 41.1 Å². The first-order valence-corrected chi connectivity index (χ1v) is 7.19. The zero-order chi connectivity index (χ0) is 17.1. The molecule has 0 aliphatic carbocycles.